The van der Waals surface area contributed by atoms with Crippen molar-refractivity contribution in [1.29, 1.82) is 0 Å². The maximum absolute atomic E-state index is 14.8. The highest BCUT2D eigenvalue weighted by Crippen LogP contribution is 2.31. The van der Waals surface area contributed by atoms with Crippen LogP contribution in [0.1, 0.15) is 70.2 Å². The highest BCUT2D eigenvalue weighted by molar-refractivity contribution is 7.09. The molecular weight excluding hydrogens is 768 g/mol. The van der Waals surface area contributed by atoms with E-state index in [4.69, 9.17) is 4.74 Å². The van der Waals surface area contributed by atoms with Crippen molar-refractivity contribution < 1.29 is 37.4 Å². The maximum atomic E-state index is 14.8. The summed E-state index contributed by atoms with van der Waals surface area (Å²) in [6, 6.07) is 24.8. The van der Waals surface area contributed by atoms with Gasteiger partial charge in [0.2, 0.25) is 0 Å². The van der Waals surface area contributed by atoms with Gasteiger partial charge in [-0.05, 0) is 99.8 Å². The number of carbonyl (C=O) groups excluding carboxylic acids is 3. The van der Waals surface area contributed by atoms with Crippen LogP contribution in [-0.2, 0) is 24.0 Å². The first-order valence-corrected chi connectivity index (χ1v) is 19.5. The predicted molar refractivity (Wildman–Crippen MR) is 221 cm³/mol. The van der Waals surface area contributed by atoms with Gasteiger partial charge in [-0.25, -0.2) is 9.78 Å². The van der Waals surface area contributed by atoms with Crippen molar-refractivity contribution in [3.05, 3.63) is 135 Å². The van der Waals surface area contributed by atoms with Gasteiger partial charge in [0.15, 0.2) is 0 Å². The first-order valence-electron chi connectivity index (χ1n) is 18.6. The van der Waals surface area contributed by atoms with Crippen LogP contribution in [0.15, 0.2) is 102 Å². The minimum atomic E-state index is -4.49. The lowest BCUT2D eigenvalue weighted by Gasteiger charge is -2.33. The topological polar surface area (TPSA) is 115 Å². The van der Waals surface area contributed by atoms with E-state index >= 15 is 0 Å². The Bertz CT molecular complexity index is 2220. The average molecular weight is 816 g/mol. The highest BCUT2D eigenvalue weighted by Gasteiger charge is 2.32. The fourth-order valence-electron chi connectivity index (χ4n) is 6.17. The van der Waals surface area contributed by atoms with E-state index in [0.29, 0.717) is 28.1 Å². The number of aliphatic hydroxyl groups excluding tert-OH is 1. The third-order valence-electron chi connectivity index (χ3n) is 9.20. The summed E-state index contributed by atoms with van der Waals surface area (Å²) in [5.41, 5.74) is 2.27. The Morgan fingerprint density at radius 3 is 2.14 bits per heavy atom. The molecule has 58 heavy (non-hydrogen) atoms. The number of nitrogens with zero attached hydrogens (tertiary/aromatic N) is 4. The van der Waals surface area contributed by atoms with E-state index in [9.17, 15) is 32.7 Å². The van der Waals surface area contributed by atoms with Crippen LogP contribution in [0.5, 0.6) is 0 Å². The molecule has 14 heteroatoms. The van der Waals surface area contributed by atoms with Gasteiger partial charge in [-0.15, -0.1) is 11.3 Å². The first-order chi connectivity index (χ1) is 27.3. The zero-order valence-corrected chi connectivity index (χ0v) is 34.3. The number of nitrogens with one attached hydrogen (secondary N) is 1. The van der Waals surface area contributed by atoms with Gasteiger partial charge in [0.05, 0.1) is 24.3 Å². The van der Waals surface area contributed by atoms with Crippen LogP contribution in [0.4, 0.5) is 29.3 Å². The number of rotatable bonds is 13. The fraction of sp³-hybridized carbons (Fsp3) is 0.318. The number of ether oxygens (including phenoxy) is 1. The number of para-hydroxylation sites is 1. The number of halogens is 3. The largest absolute Gasteiger partial charge is 0.443 e. The van der Waals surface area contributed by atoms with Gasteiger partial charge in [0.1, 0.15) is 10.6 Å². The van der Waals surface area contributed by atoms with Crippen molar-refractivity contribution in [2.45, 2.75) is 71.6 Å². The molecule has 306 valence electrons. The Kier molecular flexibility index (Phi) is 13.8. The average Bonchev–Trinajstić information content (AvgIpc) is 3.60. The molecule has 0 saturated heterocycles. The number of hydrogen-bond donors (Lipinski definition) is 2. The summed E-state index contributed by atoms with van der Waals surface area (Å²) in [5, 5.41) is 17.1. The molecule has 0 bridgehead atoms. The minimum Gasteiger partial charge on any atom is -0.443 e. The van der Waals surface area contributed by atoms with Crippen LogP contribution >= 0.6 is 11.3 Å². The monoisotopic (exact) mass is 815 g/mol. The fourth-order valence-corrected chi connectivity index (χ4v) is 7.00. The van der Waals surface area contributed by atoms with Gasteiger partial charge < -0.3 is 25.0 Å². The Hall–Kier alpha value is -5.57. The van der Waals surface area contributed by atoms with Crippen LogP contribution in [0.25, 0.3) is 11.1 Å². The summed E-state index contributed by atoms with van der Waals surface area (Å²) < 4.78 is 45.5. The van der Waals surface area contributed by atoms with E-state index in [2.05, 4.69) is 10.3 Å². The van der Waals surface area contributed by atoms with E-state index in [1.165, 1.54) is 38.2 Å². The van der Waals surface area contributed by atoms with Crippen LogP contribution in [0.2, 0.25) is 0 Å². The lowest BCUT2D eigenvalue weighted by atomic mass is 9.97. The summed E-state index contributed by atoms with van der Waals surface area (Å²) >= 11 is 1.44. The molecule has 0 fully saturated rings. The molecule has 0 saturated carbocycles. The molecule has 5 rings (SSSR count). The Morgan fingerprint density at radius 2 is 1.50 bits per heavy atom. The number of hydrogen-bond acceptors (Lipinski definition) is 8. The number of anilines is 2. The van der Waals surface area contributed by atoms with Gasteiger partial charge in [0.25, 0.3) is 11.8 Å². The molecule has 0 aliphatic rings. The molecule has 1 heterocycles. The number of aryl methyl sites for hydroxylation is 1. The number of benzene rings is 4. The van der Waals surface area contributed by atoms with Crippen molar-refractivity contribution in [2.75, 3.05) is 30.4 Å². The molecule has 3 amide bonds. The molecule has 0 unspecified atom stereocenters. The van der Waals surface area contributed by atoms with E-state index < -0.39 is 41.5 Å². The second kappa shape index (κ2) is 18.3. The second-order valence-electron chi connectivity index (χ2n) is 15.1. The molecule has 5 aromatic rings. The van der Waals surface area contributed by atoms with Crippen molar-refractivity contribution in [3.63, 3.8) is 0 Å². The molecule has 0 aliphatic carbocycles. The van der Waals surface area contributed by atoms with Crippen LogP contribution in [0.3, 0.4) is 0 Å². The quantitative estimate of drug-likeness (QED) is 0.122. The third kappa shape index (κ3) is 11.3. The van der Waals surface area contributed by atoms with E-state index in [0.717, 1.165) is 22.8 Å². The van der Waals surface area contributed by atoms with Crippen LogP contribution in [0, 0.1) is 6.92 Å². The number of amides is 3. The summed E-state index contributed by atoms with van der Waals surface area (Å²) in [6.45, 7) is 9.13. The Labute approximate surface area is 340 Å². The standard InChI is InChI=1S/C44H48F3N5O5S/c1-28-27-58-39(49-28)26-50(6)40(54)33-20-32(31-14-12-18-37(23-31)51(7)42(56)57-43(3,4)5)21-34(22-33)41(55)52(36-16-9-8-10-17-36)29(2)38(53)25-48-24-30-13-11-15-35(19-30)44(45,46)47/h8-23,27,29,38,48,53H,24-26H2,1-7H3/t29-,38+/m0/s1. The molecule has 2 N–H and O–H groups in total. The van der Waals surface area contributed by atoms with E-state index in [1.54, 1.807) is 109 Å². The van der Waals surface area contributed by atoms with Crippen molar-refractivity contribution in [3.8, 4) is 11.1 Å². The lowest BCUT2D eigenvalue weighted by Crippen LogP contribution is -2.49. The van der Waals surface area contributed by atoms with Crippen LogP contribution < -0.4 is 15.1 Å². The zero-order valence-electron chi connectivity index (χ0n) is 33.5. The molecule has 10 nitrogen and oxygen atoms in total. The smallest absolute Gasteiger partial charge is 0.416 e. The molecule has 2 atom stereocenters. The van der Waals surface area contributed by atoms with E-state index in [1.807, 2.05) is 18.4 Å². The molecule has 0 radical (unpaired) electrons. The summed E-state index contributed by atoms with van der Waals surface area (Å²) in [5.74, 6) is -0.865. The summed E-state index contributed by atoms with van der Waals surface area (Å²) in [7, 11) is 3.25. The van der Waals surface area contributed by atoms with Crippen molar-refractivity contribution in [1.82, 2.24) is 15.2 Å². The van der Waals surface area contributed by atoms with Crippen molar-refractivity contribution >= 4 is 40.6 Å². The van der Waals surface area contributed by atoms with Gasteiger partial charge in [-0.1, -0.05) is 48.5 Å². The van der Waals surface area contributed by atoms with Gasteiger partial charge in [0, 0.05) is 60.8 Å². The number of aromatic nitrogens is 1. The third-order valence-corrected chi connectivity index (χ3v) is 10.2. The Balaban J connectivity index is 1.50. The minimum absolute atomic E-state index is 0.0449. The molecular formula is C44H48F3N5O5S. The first kappa shape index (κ1) is 43.6. The number of aliphatic hydroxyl groups is 1. The van der Waals surface area contributed by atoms with E-state index in [-0.39, 0.29) is 36.7 Å². The second-order valence-corrected chi connectivity index (χ2v) is 16.0. The molecule has 0 aliphatic heterocycles. The molecule has 0 spiro atoms. The molecule has 1 aromatic heterocycles. The normalized spacial score (nSPS) is 12.7. The summed E-state index contributed by atoms with van der Waals surface area (Å²) in [4.78, 5) is 50.7. The lowest BCUT2D eigenvalue weighted by molar-refractivity contribution is -0.137. The van der Waals surface area contributed by atoms with Gasteiger partial charge in [-0.3, -0.25) is 14.5 Å². The van der Waals surface area contributed by atoms with Crippen LogP contribution in [-0.4, -0.2) is 71.3 Å². The Morgan fingerprint density at radius 1 is 0.845 bits per heavy atom. The number of carbonyl (C=O) groups is 3. The number of alkyl halides is 3. The zero-order chi connectivity index (χ0) is 42.4. The summed E-state index contributed by atoms with van der Waals surface area (Å²) in [6.07, 6.45) is -6.21. The van der Waals surface area contributed by atoms with Crippen molar-refractivity contribution in [2.24, 2.45) is 0 Å². The highest BCUT2D eigenvalue weighted by atomic mass is 32.1. The predicted octanol–water partition coefficient (Wildman–Crippen LogP) is 8.97. The maximum Gasteiger partial charge on any atom is 0.416 e. The molecule has 4 aromatic carbocycles. The van der Waals surface area contributed by atoms with Gasteiger partial charge in [-0.2, -0.15) is 13.2 Å². The number of thiazole rings is 1. The van der Waals surface area contributed by atoms with Gasteiger partial charge >= 0.3 is 12.3 Å². The SMILES string of the molecule is Cc1csc(CN(C)C(=O)c2cc(C(=O)N(c3ccccc3)[C@@H](C)[C@H](O)CNCc3cccc(C(F)(F)F)c3)cc(-c3cccc(N(C)C(=O)OC(C)(C)C)c3)c2)n1.